The minimum atomic E-state index is 0.498. The zero-order valence-electron chi connectivity index (χ0n) is 9.64. The smallest absolute Gasteiger partial charge is 0.156 e. The zero-order chi connectivity index (χ0) is 13.2. The summed E-state index contributed by atoms with van der Waals surface area (Å²) in [5.74, 6) is 0.698. The van der Waals surface area contributed by atoms with Gasteiger partial charge in [-0.25, -0.2) is 15.0 Å². The van der Waals surface area contributed by atoms with Crippen LogP contribution in [0.1, 0.15) is 0 Å². The van der Waals surface area contributed by atoms with Gasteiger partial charge in [0.25, 0.3) is 0 Å². The van der Waals surface area contributed by atoms with E-state index in [2.05, 4.69) is 19.9 Å². The Morgan fingerprint density at radius 2 is 1.74 bits per heavy atom. The van der Waals surface area contributed by atoms with Crippen LogP contribution in [0.3, 0.4) is 0 Å². The van der Waals surface area contributed by atoms with Crippen molar-refractivity contribution in [2.24, 2.45) is 0 Å². The molecule has 6 heteroatoms. The molecule has 0 radical (unpaired) electrons. The number of aromatic amines is 1. The number of rotatable bonds is 2. The van der Waals surface area contributed by atoms with Gasteiger partial charge in [0, 0.05) is 18.0 Å². The van der Waals surface area contributed by atoms with Crippen LogP contribution < -0.4 is 0 Å². The van der Waals surface area contributed by atoms with E-state index in [1.54, 1.807) is 24.5 Å². The Balaban J connectivity index is 2.06. The van der Waals surface area contributed by atoms with Crippen LogP contribution in [0.4, 0.5) is 0 Å². The van der Waals surface area contributed by atoms with E-state index in [4.69, 9.17) is 23.2 Å². The van der Waals surface area contributed by atoms with Crippen molar-refractivity contribution >= 4 is 23.2 Å². The van der Waals surface area contributed by atoms with Gasteiger partial charge in [0.1, 0.15) is 12.0 Å². The molecule has 0 spiro atoms. The summed E-state index contributed by atoms with van der Waals surface area (Å²) in [6.45, 7) is 0. The Morgan fingerprint density at radius 1 is 0.895 bits per heavy atom. The van der Waals surface area contributed by atoms with Crippen LogP contribution in [-0.2, 0) is 0 Å². The van der Waals surface area contributed by atoms with Gasteiger partial charge in [0.05, 0.1) is 15.7 Å². The first kappa shape index (κ1) is 12.1. The second-order valence-electron chi connectivity index (χ2n) is 3.86. The monoisotopic (exact) mass is 290 g/mol. The zero-order valence-corrected chi connectivity index (χ0v) is 11.2. The maximum absolute atomic E-state index is 6.01. The van der Waals surface area contributed by atoms with Gasteiger partial charge in [-0.05, 0) is 18.2 Å². The van der Waals surface area contributed by atoms with Crippen molar-refractivity contribution in [3.63, 3.8) is 0 Å². The van der Waals surface area contributed by atoms with E-state index in [9.17, 15) is 0 Å². The van der Waals surface area contributed by atoms with Gasteiger partial charge in [-0.15, -0.1) is 0 Å². The first-order valence-electron chi connectivity index (χ1n) is 5.51. The van der Waals surface area contributed by atoms with Crippen LogP contribution in [0.2, 0.25) is 10.0 Å². The third-order valence-electron chi connectivity index (χ3n) is 2.62. The molecule has 0 saturated carbocycles. The van der Waals surface area contributed by atoms with Crippen LogP contribution >= 0.6 is 23.2 Å². The maximum atomic E-state index is 6.01. The van der Waals surface area contributed by atoms with Crippen LogP contribution in [0, 0.1) is 0 Å². The number of hydrogen-bond donors (Lipinski definition) is 1. The summed E-state index contributed by atoms with van der Waals surface area (Å²) in [6.07, 6.45) is 4.92. The molecule has 94 valence electrons. The molecule has 0 fully saturated rings. The van der Waals surface area contributed by atoms with Crippen LogP contribution in [0.25, 0.3) is 22.8 Å². The molecule has 0 aliphatic carbocycles. The molecule has 0 aliphatic heterocycles. The van der Waals surface area contributed by atoms with Gasteiger partial charge >= 0.3 is 0 Å². The Hall–Kier alpha value is -1.91. The Kier molecular flexibility index (Phi) is 3.19. The van der Waals surface area contributed by atoms with E-state index in [1.807, 2.05) is 12.1 Å². The number of benzene rings is 1. The Labute approximate surface area is 119 Å². The topological polar surface area (TPSA) is 54.5 Å². The van der Waals surface area contributed by atoms with Gasteiger partial charge in [-0.2, -0.15) is 0 Å². The van der Waals surface area contributed by atoms with Crippen molar-refractivity contribution in [3.05, 3.63) is 53.0 Å². The highest BCUT2D eigenvalue weighted by molar-refractivity contribution is 6.42. The fraction of sp³-hybridized carbons (Fsp3) is 0. The van der Waals surface area contributed by atoms with Gasteiger partial charge in [-0.3, -0.25) is 0 Å². The number of nitrogens with zero attached hydrogens (tertiary/aromatic N) is 3. The molecule has 2 heterocycles. The fourth-order valence-corrected chi connectivity index (χ4v) is 2.00. The fourth-order valence-electron chi connectivity index (χ4n) is 1.71. The van der Waals surface area contributed by atoms with Crippen molar-refractivity contribution in [1.82, 2.24) is 19.9 Å². The largest absolute Gasteiger partial charge is 0.343 e. The SMILES string of the molecule is Clc1ccc(-c2cc(-c3ncc[nH]3)ncn2)cc1Cl. The second-order valence-corrected chi connectivity index (χ2v) is 4.67. The summed E-state index contributed by atoms with van der Waals surface area (Å²) < 4.78 is 0. The van der Waals surface area contributed by atoms with Gasteiger partial charge in [0.2, 0.25) is 0 Å². The van der Waals surface area contributed by atoms with Crippen molar-refractivity contribution in [2.45, 2.75) is 0 Å². The molecule has 4 nitrogen and oxygen atoms in total. The molecule has 0 bridgehead atoms. The molecular formula is C13H8Cl2N4. The normalized spacial score (nSPS) is 10.6. The van der Waals surface area contributed by atoms with Crippen molar-refractivity contribution in [1.29, 1.82) is 0 Å². The number of imidazole rings is 1. The molecule has 19 heavy (non-hydrogen) atoms. The Morgan fingerprint density at radius 3 is 2.47 bits per heavy atom. The minimum Gasteiger partial charge on any atom is -0.343 e. The average molecular weight is 291 g/mol. The predicted molar refractivity (Wildman–Crippen MR) is 75.1 cm³/mol. The van der Waals surface area contributed by atoms with E-state index in [-0.39, 0.29) is 0 Å². The summed E-state index contributed by atoms with van der Waals surface area (Å²) in [4.78, 5) is 15.6. The van der Waals surface area contributed by atoms with E-state index in [0.29, 0.717) is 15.9 Å². The summed E-state index contributed by atoms with van der Waals surface area (Å²) in [6, 6.07) is 7.23. The van der Waals surface area contributed by atoms with Crippen LogP contribution in [0.15, 0.2) is 43.0 Å². The van der Waals surface area contributed by atoms with Gasteiger partial charge in [0.15, 0.2) is 5.82 Å². The molecule has 0 saturated heterocycles. The molecule has 1 aromatic carbocycles. The summed E-state index contributed by atoms with van der Waals surface area (Å²) in [5.41, 5.74) is 2.37. The van der Waals surface area contributed by atoms with Crippen LogP contribution in [0.5, 0.6) is 0 Å². The van der Waals surface area contributed by atoms with E-state index in [0.717, 1.165) is 17.0 Å². The molecule has 0 unspecified atom stereocenters. The molecule has 1 N–H and O–H groups in total. The number of halogens is 2. The van der Waals surface area contributed by atoms with E-state index in [1.165, 1.54) is 6.33 Å². The summed E-state index contributed by atoms with van der Waals surface area (Å²) in [7, 11) is 0. The molecule has 3 rings (SSSR count). The minimum absolute atomic E-state index is 0.498. The first-order chi connectivity index (χ1) is 9.24. The lowest BCUT2D eigenvalue weighted by Crippen LogP contribution is -1.90. The number of aromatic nitrogens is 4. The lowest BCUT2D eigenvalue weighted by Gasteiger charge is -2.04. The lowest BCUT2D eigenvalue weighted by molar-refractivity contribution is 1.14. The van der Waals surface area contributed by atoms with Crippen molar-refractivity contribution < 1.29 is 0 Å². The Bertz CT molecular complexity index is 710. The molecule has 0 atom stereocenters. The van der Waals surface area contributed by atoms with Gasteiger partial charge in [-0.1, -0.05) is 29.3 Å². The third kappa shape index (κ3) is 2.45. The first-order valence-corrected chi connectivity index (χ1v) is 6.27. The standard InChI is InChI=1S/C13H8Cl2N4/c14-9-2-1-8(5-10(9)15)11-6-12(19-7-18-11)13-16-3-4-17-13/h1-7H,(H,16,17). The molecule has 0 amide bonds. The molecule has 0 aliphatic rings. The van der Waals surface area contributed by atoms with Crippen molar-refractivity contribution in [2.75, 3.05) is 0 Å². The molecular weight excluding hydrogens is 283 g/mol. The lowest BCUT2D eigenvalue weighted by atomic mass is 10.1. The maximum Gasteiger partial charge on any atom is 0.156 e. The number of nitrogens with one attached hydrogen (secondary N) is 1. The van der Waals surface area contributed by atoms with Gasteiger partial charge < -0.3 is 4.98 Å². The highest BCUT2D eigenvalue weighted by Crippen LogP contribution is 2.28. The van der Waals surface area contributed by atoms with Crippen LogP contribution in [-0.4, -0.2) is 19.9 Å². The second kappa shape index (κ2) is 4.99. The van der Waals surface area contributed by atoms with Crippen molar-refractivity contribution in [3.8, 4) is 22.8 Å². The number of H-pyrrole nitrogens is 1. The molecule has 3 aromatic rings. The summed E-state index contributed by atoms with van der Waals surface area (Å²) >= 11 is 11.9. The number of hydrogen-bond acceptors (Lipinski definition) is 3. The highest BCUT2D eigenvalue weighted by Gasteiger charge is 2.07. The third-order valence-corrected chi connectivity index (χ3v) is 3.36. The summed E-state index contributed by atoms with van der Waals surface area (Å²) in [5, 5.41) is 1.02. The molecule has 2 aromatic heterocycles. The van der Waals surface area contributed by atoms with E-state index >= 15 is 0 Å². The highest BCUT2D eigenvalue weighted by atomic mass is 35.5. The van der Waals surface area contributed by atoms with E-state index < -0.39 is 0 Å². The quantitative estimate of drug-likeness (QED) is 0.780. The average Bonchev–Trinajstić information content (AvgIpc) is 2.96. The predicted octanol–water partition coefficient (Wildman–Crippen LogP) is 3.84.